The van der Waals surface area contributed by atoms with Gasteiger partial charge in [-0.3, -0.25) is 14.7 Å². The number of rotatable bonds is 5. The number of carbonyl (C=O) groups excluding carboxylic acids is 1. The molecule has 1 aromatic heterocycles. The van der Waals surface area contributed by atoms with E-state index >= 15 is 0 Å². The molecule has 2 aromatic rings. The normalized spacial score (nSPS) is 12.4. The van der Waals surface area contributed by atoms with E-state index in [9.17, 15) is 4.79 Å². The van der Waals surface area contributed by atoms with Gasteiger partial charge in [0.25, 0.3) is 0 Å². The molecule has 1 heterocycles. The first kappa shape index (κ1) is 15.4. The molecule has 0 aliphatic heterocycles. The average molecular weight is 282 g/mol. The zero-order chi connectivity index (χ0) is 15.4. The van der Waals surface area contributed by atoms with Gasteiger partial charge in [-0.2, -0.15) is 0 Å². The van der Waals surface area contributed by atoms with Crippen molar-refractivity contribution in [1.29, 1.82) is 0 Å². The Labute approximate surface area is 126 Å². The van der Waals surface area contributed by atoms with E-state index in [1.807, 2.05) is 51.2 Å². The Bertz CT molecular complexity index is 622. The van der Waals surface area contributed by atoms with Crippen molar-refractivity contribution in [3.8, 4) is 0 Å². The van der Waals surface area contributed by atoms with Gasteiger partial charge in [0.1, 0.15) is 0 Å². The summed E-state index contributed by atoms with van der Waals surface area (Å²) in [6.07, 6.45) is 3.55. The molecule has 1 unspecified atom stereocenters. The molecule has 3 heteroatoms. The molecule has 1 atom stereocenters. The molecule has 110 valence electrons. The first-order valence-electron chi connectivity index (χ1n) is 7.19. The van der Waals surface area contributed by atoms with Crippen molar-refractivity contribution in [2.45, 2.75) is 33.4 Å². The molecule has 0 N–H and O–H groups in total. The zero-order valence-electron chi connectivity index (χ0n) is 13.1. The van der Waals surface area contributed by atoms with Crippen molar-refractivity contribution < 1.29 is 4.79 Å². The standard InChI is InChI=1S/C18H22N2O/c1-13-5-6-17(11-14(13)2)18(21)15(3)20(4)12-16-7-9-19-10-8-16/h5-11,15H,12H2,1-4H3. The Morgan fingerprint density at radius 1 is 1.14 bits per heavy atom. The molecular formula is C18H22N2O. The lowest BCUT2D eigenvalue weighted by Gasteiger charge is -2.23. The fourth-order valence-electron chi connectivity index (χ4n) is 2.25. The fourth-order valence-corrected chi connectivity index (χ4v) is 2.25. The van der Waals surface area contributed by atoms with E-state index < -0.39 is 0 Å². The second-order valence-electron chi connectivity index (χ2n) is 5.61. The van der Waals surface area contributed by atoms with E-state index in [1.54, 1.807) is 12.4 Å². The van der Waals surface area contributed by atoms with Crippen LogP contribution in [0.15, 0.2) is 42.7 Å². The van der Waals surface area contributed by atoms with E-state index in [4.69, 9.17) is 0 Å². The van der Waals surface area contributed by atoms with Crippen molar-refractivity contribution in [2.75, 3.05) is 7.05 Å². The number of aromatic nitrogens is 1. The molecular weight excluding hydrogens is 260 g/mol. The van der Waals surface area contributed by atoms with E-state index in [0.717, 1.165) is 23.2 Å². The average Bonchev–Trinajstić information content (AvgIpc) is 2.49. The highest BCUT2D eigenvalue weighted by atomic mass is 16.1. The number of ketones is 1. The van der Waals surface area contributed by atoms with Crippen LogP contribution in [0.1, 0.15) is 34.0 Å². The van der Waals surface area contributed by atoms with Gasteiger partial charge in [-0.05, 0) is 62.7 Å². The third kappa shape index (κ3) is 3.76. The van der Waals surface area contributed by atoms with E-state index in [0.29, 0.717) is 0 Å². The van der Waals surface area contributed by atoms with Crippen LogP contribution in [-0.2, 0) is 6.54 Å². The third-order valence-corrected chi connectivity index (χ3v) is 4.01. The largest absolute Gasteiger partial charge is 0.292 e. The minimum atomic E-state index is -0.153. The van der Waals surface area contributed by atoms with Crippen molar-refractivity contribution in [3.05, 3.63) is 65.0 Å². The minimum absolute atomic E-state index is 0.153. The van der Waals surface area contributed by atoms with Gasteiger partial charge in [0.2, 0.25) is 0 Å². The summed E-state index contributed by atoms with van der Waals surface area (Å²) in [4.78, 5) is 18.7. The maximum Gasteiger partial charge on any atom is 0.179 e. The monoisotopic (exact) mass is 282 g/mol. The summed E-state index contributed by atoms with van der Waals surface area (Å²) in [6.45, 7) is 6.79. The summed E-state index contributed by atoms with van der Waals surface area (Å²) in [5, 5.41) is 0. The quantitative estimate of drug-likeness (QED) is 0.788. The van der Waals surface area contributed by atoms with Gasteiger partial charge in [-0.15, -0.1) is 0 Å². The Hall–Kier alpha value is -2.00. The molecule has 0 saturated heterocycles. The number of nitrogens with zero attached hydrogens (tertiary/aromatic N) is 2. The molecule has 0 amide bonds. The van der Waals surface area contributed by atoms with Crippen LogP contribution in [-0.4, -0.2) is 28.8 Å². The van der Waals surface area contributed by atoms with Gasteiger partial charge in [0.15, 0.2) is 5.78 Å². The maximum absolute atomic E-state index is 12.6. The molecule has 1 aromatic carbocycles. The first-order valence-corrected chi connectivity index (χ1v) is 7.19. The fraction of sp³-hybridized carbons (Fsp3) is 0.333. The van der Waals surface area contributed by atoms with Gasteiger partial charge in [0.05, 0.1) is 6.04 Å². The second-order valence-corrected chi connectivity index (χ2v) is 5.61. The molecule has 0 fully saturated rings. The molecule has 0 bridgehead atoms. The van der Waals surface area contributed by atoms with Crippen LogP contribution in [0.4, 0.5) is 0 Å². The third-order valence-electron chi connectivity index (χ3n) is 4.01. The van der Waals surface area contributed by atoms with Crippen molar-refractivity contribution in [2.24, 2.45) is 0 Å². The number of aryl methyl sites for hydroxylation is 2. The van der Waals surface area contributed by atoms with Gasteiger partial charge in [-0.25, -0.2) is 0 Å². The smallest absolute Gasteiger partial charge is 0.179 e. The van der Waals surface area contributed by atoms with Crippen LogP contribution in [0, 0.1) is 13.8 Å². The number of pyridine rings is 1. The molecule has 3 nitrogen and oxygen atoms in total. The zero-order valence-corrected chi connectivity index (χ0v) is 13.1. The molecule has 2 rings (SSSR count). The first-order chi connectivity index (χ1) is 9.99. The molecule has 21 heavy (non-hydrogen) atoms. The van der Waals surface area contributed by atoms with E-state index in [-0.39, 0.29) is 11.8 Å². The summed E-state index contributed by atoms with van der Waals surface area (Å²) in [5.41, 5.74) is 4.31. The Kier molecular flexibility index (Phi) is 4.86. The highest BCUT2D eigenvalue weighted by molar-refractivity contribution is 6.00. The lowest BCUT2D eigenvalue weighted by molar-refractivity contribution is 0.0862. The Morgan fingerprint density at radius 3 is 2.43 bits per heavy atom. The van der Waals surface area contributed by atoms with Crippen LogP contribution >= 0.6 is 0 Å². The summed E-state index contributed by atoms with van der Waals surface area (Å²) < 4.78 is 0. The van der Waals surface area contributed by atoms with Gasteiger partial charge in [-0.1, -0.05) is 12.1 Å². The van der Waals surface area contributed by atoms with Crippen LogP contribution in [0.5, 0.6) is 0 Å². The summed E-state index contributed by atoms with van der Waals surface area (Å²) in [5.74, 6) is 0.162. The predicted molar refractivity (Wildman–Crippen MR) is 85.4 cm³/mol. The van der Waals surface area contributed by atoms with E-state index in [2.05, 4.69) is 16.8 Å². The number of carbonyl (C=O) groups is 1. The van der Waals surface area contributed by atoms with Gasteiger partial charge < -0.3 is 0 Å². The second kappa shape index (κ2) is 6.64. The van der Waals surface area contributed by atoms with Crippen LogP contribution in [0.3, 0.4) is 0 Å². The number of hydrogen-bond acceptors (Lipinski definition) is 3. The number of Topliss-reactive ketones (excluding diaryl/α,β-unsaturated/α-hetero) is 1. The maximum atomic E-state index is 12.6. The minimum Gasteiger partial charge on any atom is -0.292 e. The summed E-state index contributed by atoms with van der Waals surface area (Å²) in [6, 6.07) is 9.71. The molecule has 0 aliphatic rings. The Balaban J connectivity index is 2.09. The predicted octanol–water partition coefficient (Wildman–Crippen LogP) is 3.40. The van der Waals surface area contributed by atoms with Crippen molar-refractivity contribution in [1.82, 2.24) is 9.88 Å². The molecule has 0 aliphatic carbocycles. The molecule has 0 spiro atoms. The SMILES string of the molecule is Cc1ccc(C(=O)C(C)N(C)Cc2ccncc2)cc1C. The number of likely N-dealkylation sites (N-methyl/N-ethyl adjacent to an activating group) is 1. The highest BCUT2D eigenvalue weighted by Crippen LogP contribution is 2.14. The van der Waals surface area contributed by atoms with Crippen LogP contribution in [0.2, 0.25) is 0 Å². The van der Waals surface area contributed by atoms with Crippen LogP contribution < -0.4 is 0 Å². The summed E-state index contributed by atoms with van der Waals surface area (Å²) >= 11 is 0. The van der Waals surface area contributed by atoms with Crippen molar-refractivity contribution in [3.63, 3.8) is 0 Å². The molecule has 0 saturated carbocycles. The number of benzene rings is 1. The van der Waals surface area contributed by atoms with Crippen molar-refractivity contribution >= 4 is 5.78 Å². The lowest BCUT2D eigenvalue weighted by atomic mass is 9.99. The molecule has 0 radical (unpaired) electrons. The number of hydrogen-bond donors (Lipinski definition) is 0. The van der Waals surface area contributed by atoms with E-state index in [1.165, 1.54) is 5.56 Å². The van der Waals surface area contributed by atoms with Crippen LogP contribution in [0.25, 0.3) is 0 Å². The summed E-state index contributed by atoms with van der Waals surface area (Å²) in [7, 11) is 1.98. The van der Waals surface area contributed by atoms with Gasteiger partial charge >= 0.3 is 0 Å². The lowest BCUT2D eigenvalue weighted by Crippen LogP contribution is -2.35. The highest BCUT2D eigenvalue weighted by Gasteiger charge is 2.20. The topological polar surface area (TPSA) is 33.2 Å². The Morgan fingerprint density at radius 2 is 1.81 bits per heavy atom. The van der Waals surface area contributed by atoms with Gasteiger partial charge in [0, 0.05) is 24.5 Å².